The molecule has 1 heterocycles. The number of nitrogens with one attached hydrogen (secondary N) is 1. The third-order valence-corrected chi connectivity index (χ3v) is 4.22. The number of fused-ring (bicyclic) bond motifs is 1. The van der Waals surface area contributed by atoms with Crippen LogP contribution in [0.15, 0.2) is 0 Å². The molecule has 2 fully saturated rings. The van der Waals surface area contributed by atoms with Gasteiger partial charge in [-0.25, -0.2) is 0 Å². The van der Waals surface area contributed by atoms with Gasteiger partial charge in [0, 0.05) is 25.2 Å². The van der Waals surface area contributed by atoms with Crippen LogP contribution >= 0.6 is 0 Å². The molecule has 3 atom stereocenters. The molecule has 19 heavy (non-hydrogen) atoms. The van der Waals surface area contributed by atoms with Crippen LogP contribution in [0.5, 0.6) is 0 Å². The van der Waals surface area contributed by atoms with Crippen LogP contribution in [0, 0.1) is 11.3 Å². The normalized spacial score (nSPS) is 31.5. The molecule has 0 amide bonds. The highest BCUT2D eigenvalue weighted by Crippen LogP contribution is 2.29. The minimum absolute atomic E-state index is 0.327. The standard InChI is InChI=1S/C15H27N3O/c1-12(2)17-15(3,10-16)11-18-8-9-19-14-7-5-4-6-13(14)18/h12-14,17H,4-9,11H2,1-3H3. The molecule has 2 rings (SSSR count). The number of hydrogen-bond acceptors (Lipinski definition) is 4. The fourth-order valence-corrected chi connectivity index (χ4v) is 3.53. The molecule has 3 unspecified atom stereocenters. The lowest BCUT2D eigenvalue weighted by atomic mass is 9.89. The third kappa shape index (κ3) is 3.68. The first kappa shape index (κ1) is 14.8. The molecule has 0 aromatic heterocycles. The highest BCUT2D eigenvalue weighted by molar-refractivity contribution is 5.07. The van der Waals surface area contributed by atoms with Gasteiger partial charge in [0.1, 0.15) is 5.54 Å². The maximum absolute atomic E-state index is 9.49. The van der Waals surface area contributed by atoms with E-state index < -0.39 is 5.54 Å². The Kier molecular flexibility index (Phi) is 4.83. The molecule has 1 saturated heterocycles. The minimum Gasteiger partial charge on any atom is -0.375 e. The van der Waals surface area contributed by atoms with Crippen molar-refractivity contribution >= 4 is 0 Å². The van der Waals surface area contributed by atoms with E-state index in [1.54, 1.807) is 0 Å². The van der Waals surface area contributed by atoms with E-state index in [1.807, 2.05) is 6.92 Å². The van der Waals surface area contributed by atoms with Crippen LogP contribution in [-0.2, 0) is 4.74 Å². The summed E-state index contributed by atoms with van der Waals surface area (Å²) in [5.41, 5.74) is -0.465. The van der Waals surface area contributed by atoms with Crippen LogP contribution in [-0.4, -0.2) is 48.3 Å². The van der Waals surface area contributed by atoms with Crippen molar-refractivity contribution in [1.29, 1.82) is 5.26 Å². The van der Waals surface area contributed by atoms with Gasteiger partial charge in [0.15, 0.2) is 0 Å². The van der Waals surface area contributed by atoms with Crippen molar-refractivity contribution in [2.24, 2.45) is 0 Å². The first-order valence-electron chi connectivity index (χ1n) is 7.59. The Balaban J connectivity index is 2.01. The monoisotopic (exact) mass is 265 g/mol. The lowest BCUT2D eigenvalue weighted by Crippen LogP contribution is -2.60. The van der Waals surface area contributed by atoms with E-state index in [4.69, 9.17) is 4.74 Å². The van der Waals surface area contributed by atoms with Gasteiger partial charge in [-0.3, -0.25) is 10.2 Å². The molecular weight excluding hydrogens is 238 g/mol. The lowest BCUT2D eigenvalue weighted by Gasteiger charge is -2.46. The second-order valence-corrected chi connectivity index (χ2v) is 6.47. The van der Waals surface area contributed by atoms with Crippen molar-refractivity contribution in [2.75, 3.05) is 19.7 Å². The molecule has 1 aliphatic heterocycles. The van der Waals surface area contributed by atoms with Crippen molar-refractivity contribution in [1.82, 2.24) is 10.2 Å². The molecule has 4 heteroatoms. The largest absolute Gasteiger partial charge is 0.375 e. The highest BCUT2D eigenvalue weighted by atomic mass is 16.5. The molecule has 0 bridgehead atoms. The Morgan fingerprint density at radius 2 is 2.16 bits per heavy atom. The Bertz CT molecular complexity index is 337. The van der Waals surface area contributed by atoms with Gasteiger partial charge < -0.3 is 4.74 Å². The predicted molar refractivity (Wildman–Crippen MR) is 75.9 cm³/mol. The predicted octanol–water partition coefficient (Wildman–Crippen LogP) is 1.91. The fourth-order valence-electron chi connectivity index (χ4n) is 3.53. The summed E-state index contributed by atoms with van der Waals surface area (Å²) in [6.07, 6.45) is 5.37. The number of ether oxygens (including phenoxy) is 1. The number of morpholine rings is 1. The van der Waals surface area contributed by atoms with E-state index in [1.165, 1.54) is 25.7 Å². The average Bonchev–Trinajstić information content (AvgIpc) is 2.38. The van der Waals surface area contributed by atoms with Crippen LogP contribution in [0.25, 0.3) is 0 Å². The van der Waals surface area contributed by atoms with E-state index in [0.29, 0.717) is 18.2 Å². The van der Waals surface area contributed by atoms with Gasteiger partial charge in [-0.2, -0.15) is 5.26 Å². The number of nitrogens with zero attached hydrogens (tertiary/aromatic N) is 2. The number of rotatable bonds is 4. The molecule has 108 valence electrons. The molecule has 2 aliphatic rings. The van der Waals surface area contributed by atoms with Gasteiger partial charge in [0.2, 0.25) is 0 Å². The van der Waals surface area contributed by atoms with Gasteiger partial charge >= 0.3 is 0 Å². The van der Waals surface area contributed by atoms with Gasteiger partial charge in [0.05, 0.1) is 18.8 Å². The van der Waals surface area contributed by atoms with Crippen molar-refractivity contribution in [3.63, 3.8) is 0 Å². The lowest BCUT2D eigenvalue weighted by molar-refractivity contribution is -0.0922. The minimum atomic E-state index is -0.465. The number of nitriles is 1. The molecule has 1 saturated carbocycles. The zero-order valence-electron chi connectivity index (χ0n) is 12.5. The summed E-state index contributed by atoms with van der Waals surface area (Å²) in [5, 5.41) is 12.9. The van der Waals surface area contributed by atoms with E-state index in [-0.39, 0.29) is 0 Å². The smallest absolute Gasteiger partial charge is 0.116 e. The van der Waals surface area contributed by atoms with Crippen LogP contribution < -0.4 is 5.32 Å². The molecule has 1 aliphatic carbocycles. The van der Waals surface area contributed by atoms with E-state index in [9.17, 15) is 5.26 Å². The van der Waals surface area contributed by atoms with Crippen molar-refractivity contribution in [3.05, 3.63) is 0 Å². The van der Waals surface area contributed by atoms with Crippen LogP contribution in [0.1, 0.15) is 46.5 Å². The Labute approximate surface area is 117 Å². The summed E-state index contributed by atoms with van der Waals surface area (Å²) in [4.78, 5) is 2.48. The Morgan fingerprint density at radius 3 is 2.84 bits per heavy atom. The summed E-state index contributed by atoms with van der Waals surface area (Å²) in [6.45, 7) is 8.77. The molecule has 0 radical (unpaired) electrons. The zero-order chi connectivity index (χ0) is 13.9. The molecular formula is C15H27N3O. The van der Waals surface area contributed by atoms with Gasteiger partial charge in [0.25, 0.3) is 0 Å². The van der Waals surface area contributed by atoms with Crippen LogP contribution in [0.4, 0.5) is 0 Å². The maximum Gasteiger partial charge on any atom is 0.116 e. The van der Waals surface area contributed by atoms with E-state index in [2.05, 4.69) is 30.1 Å². The summed E-state index contributed by atoms with van der Waals surface area (Å²) < 4.78 is 5.90. The maximum atomic E-state index is 9.49. The Hall–Kier alpha value is -0.630. The highest BCUT2D eigenvalue weighted by Gasteiger charge is 2.38. The first-order valence-corrected chi connectivity index (χ1v) is 7.59. The molecule has 0 aromatic rings. The van der Waals surface area contributed by atoms with Gasteiger partial charge in [-0.15, -0.1) is 0 Å². The molecule has 4 nitrogen and oxygen atoms in total. The second kappa shape index (κ2) is 6.21. The second-order valence-electron chi connectivity index (χ2n) is 6.47. The summed E-state index contributed by atoms with van der Waals surface area (Å²) in [7, 11) is 0. The summed E-state index contributed by atoms with van der Waals surface area (Å²) in [6, 6.07) is 3.30. The molecule has 0 spiro atoms. The third-order valence-electron chi connectivity index (χ3n) is 4.22. The molecule has 1 N–H and O–H groups in total. The average molecular weight is 265 g/mol. The van der Waals surface area contributed by atoms with Crippen molar-refractivity contribution in [2.45, 2.75) is 70.2 Å². The molecule has 0 aromatic carbocycles. The van der Waals surface area contributed by atoms with E-state index in [0.717, 1.165) is 19.7 Å². The summed E-state index contributed by atoms with van der Waals surface area (Å²) in [5.74, 6) is 0. The SMILES string of the molecule is CC(C)NC(C)(C#N)CN1CCOC2CCCCC21. The van der Waals surface area contributed by atoms with Crippen LogP contribution in [0.2, 0.25) is 0 Å². The van der Waals surface area contributed by atoms with Gasteiger partial charge in [-0.05, 0) is 33.6 Å². The summed E-state index contributed by atoms with van der Waals surface area (Å²) >= 11 is 0. The van der Waals surface area contributed by atoms with Crippen molar-refractivity contribution < 1.29 is 4.74 Å². The van der Waals surface area contributed by atoms with E-state index >= 15 is 0 Å². The van der Waals surface area contributed by atoms with Crippen molar-refractivity contribution in [3.8, 4) is 6.07 Å². The Morgan fingerprint density at radius 1 is 1.42 bits per heavy atom. The number of hydrogen-bond donors (Lipinski definition) is 1. The first-order chi connectivity index (χ1) is 9.04. The topological polar surface area (TPSA) is 48.3 Å². The van der Waals surface area contributed by atoms with Gasteiger partial charge in [-0.1, -0.05) is 12.8 Å². The van der Waals surface area contributed by atoms with Crippen LogP contribution in [0.3, 0.4) is 0 Å². The zero-order valence-corrected chi connectivity index (χ0v) is 12.5. The fraction of sp³-hybridized carbons (Fsp3) is 0.933. The quantitative estimate of drug-likeness (QED) is 0.843.